The molecule has 31 heavy (non-hydrogen) atoms. The van der Waals surface area contributed by atoms with E-state index in [1.165, 1.54) is 11.1 Å². The average molecular weight is 427 g/mol. The first-order chi connectivity index (χ1) is 14.7. The minimum absolute atomic E-state index is 0.435. The van der Waals surface area contributed by atoms with Crippen molar-refractivity contribution in [2.45, 2.75) is 73.9 Å². The summed E-state index contributed by atoms with van der Waals surface area (Å²) in [6, 6.07) is 8.29. The summed E-state index contributed by atoms with van der Waals surface area (Å²) in [5.41, 5.74) is 6.35. The standard InChI is InChI=1S/C27H42N2O2/c1-7-10-28(18-24-16-20(3)14-22(5)26(24)30)12-9-13-29(11-8-2)19-25-17-21(4)15-23(6)27(25)31/h14-17,30-31H,7-13,18-19H2,1-6H3. The summed E-state index contributed by atoms with van der Waals surface area (Å²) in [6.45, 7) is 18.2. The van der Waals surface area contributed by atoms with Gasteiger partial charge in [0.2, 0.25) is 0 Å². The molecule has 2 aromatic rings. The van der Waals surface area contributed by atoms with Crippen LogP contribution in [-0.2, 0) is 13.1 Å². The lowest BCUT2D eigenvalue weighted by Gasteiger charge is -2.26. The highest BCUT2D eigenvalue weighted by Gasteiger charge is 2.14. The number of phenols is 2. The molecule has 0 aliphatic carbocycles. The quantitative estimate of drug-likeness (QED) is 0.447. The predicted molar refractivity (Wildman–Crippen MR) is 131 cm³/mol. The van der Waals surface area contributed by atoms with E-state index in [2.05, 4.69) is 49.6 Å². The second kappa shape index (κ2) is 12.1. The lowest BCUT2D eigenvalue weighted by atomic mass is 10.0. The van der Waals surface area contributed by atoms with Gasteiger partial charge in [-0.3, -0.25) is 9.80 Å². The van der Waals surface area contributed by atoms with Gasteiger partial charge in [-0.1, -0.05) is 49.2 Å². The zero-order valence-corrected chi connectivity index (χ0v) is 20.5. The molecule has 0 bridgehead atoms. The Morgan fingerprint density at radius 1 is 0.613 bits per heavy atom. The Morgan fingerprint density at radius 3 is 1.35 bits per heavy atom. The van der Waals surface area contributed by atoms with Crippen molar-refractivity contribution >= 4 is 0 Å². The number of aryl methyl sites for hydroxylation is 4. The summed E-state index contributed by atoms with van der Waals surface area (Å²) < 4.78 is 0. The summed E-state index contributed by atoms with van der Waals surface area (Å²) >= 11 is 0. The molecule has 0 saturated carbocycles. The van der Waals surface area contributed by atoms with E-state index < -0.39 is 0 Å². The van der Waals surface area contributed by atoms with Crippen molar-refractivity contribution in [1.82, 2.24) is 9.80 Å². The third-order valence-corrected chi connectivity index (χ3v) is 5.86. The summed E-state index contributed by atoms with van der Waals surface area (Å²) in [6.07, 6.45) is 3.26. The first-order valence-corrected chi connectivity index (χ1v) is 11.8. The monoisotopic (exact) mass is 426 g/mol. The van der Waals surface area contributed by atoms with E-state index in [0.717, 1.165) is 80.8 Å². The number of phenolic OH excluding ortho intramolecular Hbond substituents is 2. The van der Waals surface area contributed by atoms with Gasteiger partial charge in [-0.2, -0.15) is 0 Å². The molecule has 0 amide bonds. The van der Waals surface area contributed by atoms with Gasteiger partial charge in [0.1, 0.15) is 11.5 Å². The molecule has 2 rings (SSSR count). The molecule has 4 nitrogen and oxygen atoms in total. The number of aromatic hydroxyl groups is 2. The molecular formula is C27H42N2O2. The molecule has 0 aliphatic rings. The van der Waals surface area contributed by atoms with E-state index in [0.29, 0.717) is 11.5 Å². The van der Waals surface area contributed by atoms with E-state index in [-0.39, 0.29) is 0 Å². The van der Waals surface area contributed by atoms with Crippen molar-refractivity contribution in [3.63, 3.8) is 0 Å². The van der Waals surface area contributed by atoms with Gasteiger partial charge in [-0.25, -0.2) is 0 Å². The molecule has 0 aromatic heterocycles. The molecule has 172 valence electrons. The van der Waals surface area contributed by atoms with Crippen molar-refractivity contribution in [3.8, 4) is 11.5 Å². The highest BCUT2D eigenvalue weighted by molar-refractivity contribution is 5.43. The summed E-state index contributed by atoms with van der Waals surface area (Å²) in [5.74, 6) is 0.870. The lowest BCUT2D eigenvalue weighted by molar-refractivity contribution is 0.214. The van der Waals surface area contributed by atoms with Crippen LogP contribution in [-0.4, -0.2) is 46.2 Å². The topological polar surface area (TPSA) is 46.9 Å². The third-order valence-electron chi connectivity index (χ3n) is 5.86. The summed E-state index contributed by atoms with van der Waals surface area (Å²) in [5, 5.41) is 21.0. The van der Waals surface area contributed by atoms with Crippen LogP contribution in [0.1, 0.15) is 66.5 Å². The molecule has 2 N–H and O–H groups in total. The zero-order valence-electron chi connectivity index (χ0n) is 20.5. The molecule has 2 aromatic carbocycles. The molecule has 0 atom stereocenters. The zero-order chi connectivity index (χ0) is 23.0. The number of rotatable bonds is 12. The number of hydrogen-bond donors (Lipinski definition) is 2. The van der Waals surface area contributed by atoms with E-state index in [9.17, 15) is 10.2 Å². The first kappa shape index (κ1) is 25.2. The second-order valence-electron chi connectivity index (χ2n) is 9.08. The van der Waals surface area contributed by atoms with Crippen LogP contribution < -0.4 is 0 Å². The maximum atomic E-state index is 10.5. The van der Waals surface area contributed by atoms with E-state index in [4.69, 9.17) is 0 Å². The maximum Gasteiger partial charge on any atom is 0.122 e. The molecule has 0 aliphatic heterocycles. The Hall–Kier alpha value is -2.04. The van der Waals surface area contributed by atoms with Crippen molar-refractivity contribution in [1.29, 1.82) is 0 Å². The predicted octanol–water partition coefficient (Wildman–Crippen LogP) is 5.85. The van der Waals surface area contributed by atoms with Gasteiger partial charge >= 0.3 is 0 Å². The Bertz CT molecular complexity index is 778. The second-order valence-corrected chi connectivity index (χ2v) is 9.08. The Balaban J connectivity index is 2.01. The minimum Gasteiger partial charge on any atom is -0.507 e. The van der Waals surface area contributed by atoms with Crippen LogP contribution in [0.5, 0.6) is 11.5 Å². The van der Waals surface area contributed by atoms with Crippen LogP contribution in [0.2, 0.25) is 0 Å². The van der Waals surface area contributed by atoms with Crippen LogP contribution in [0.25, 0.3) is 0 Å². The smallest absolute Gasteiger partial charge is 0.122 e. The minimum atomic E-state index is 0.435. The summed E-state index contributed by atoms with van der Waals surface area (Å²) in [7, 11) is 0. The van der Waals surface area contributed by atoms with Gasteiger partial charge in [0.25, 0.3) is 0 Å². The van der Waals surface area contributed by atoms with E-state index in [1.807, 2.05) is 26.0 Å². The SMILES string of the molecule is CCCN(CCCN(CCC)Cc1cc(C)cc(C)c1O)Cc1cc(C)cc(C)c1O. The van der Waals surface area contributed by atoms with Crippen molar-refractivity contribution in [3.05, 3.63) is 57.6 Å². The largest absolute Gasteiger partial charge is 0.507 e. The molecule has 0 spiro atoms. The average Bonchev–Trinajstić information content (AvgIpc) is 2.69. The van der Waals surface area contributed by atoms with Crippen molar-refractivity contribution in [2.75, 3.05) is 26.2 Å². The molecule has 0 radical (unpaired) electrons. The molecule has 0 saturated heterocycles. The van der Waals surface area contributed by atoms with Crippen molar-refractivity contribution in [2.24, 2.45) is 0 Å². The van der Waals surface area contributed by atoms with Crippen LogP contribution in [0.3, 0.4) is 0 Å². The highest BCUT2D eigenvalue weighted by Crippen LogP contribution is 2.26. The summed E-state index contributed by atoms with van der Waals surface area (Å²) in [4.78, 5) is 4.90. The highest BCUT2D eigenvalue weighted by atomic mass is 16.3. The van der Waals surface area contributed by atoms with Crippen molar-refractivity contribution < 1.29 is 10.2 Å². The van der Waals surface area contributed by atoms with Crippen LogP contribution in [0, 0.1) is 27.7 Å². The van der Waals surface area contributed by atoms with E-state index in [1.54, 1.807) is 0 Å². The van der Waals surface area contributed by atoms with Gasteiger partial charge in [0, 0.05) is 24.2 Å². The fourth-order valence-electron chi connectivity index (χ4n) is 4.51. The van der Waals surface area contributed by atoms with Gasteiger partial charge in [0.15, 0.2) is 0 Å². The molecular weight excluding hydrogens is 384 g/mol. The van der Waals surface area contributed by atoms with Crippen LogP contribution in [0.4, 0.5) is 0 Å². The fraction of sp³-hybridized carbons (Fsp3) is 0.556. The van der Waals surface area contributed by atoms with Gasteiger partial charge < -0.3 is 10.2 Å². The Morgan fingerprint density at radius 2 is 1.00 bits per heavy atom. The van der Waals surface area contributed by atoms with Crippen LogP contribution in [0.15, 0.2) is 24.3 Å². The van der Waals surface area contributed by atoms with Crippen LogP contribution >= 0.6 is 0 Å². The fourth-order valence-corrected chi connectivity index (χ4v) is 4.51. The molecule has 4 heteroatoms. The number of benzene rings is 2. The maximum absolute atomic E-state index is 10.5. The molecule has 0 fully saturated rings. The normalized spacial score (nSPS) is 11.6. The number of nitrogens with zero attached hydrogens (tertiary/aromatic N) is 2. The van der Waals surface area contributed by atoms with Gasteiger partial charge in [-0.05, 0) is 84.3 Å². The Labute approximate surface area is 189 Å². The third kappa shape index (κ3) is 7.55. The van der Waals surface area contributed by atoms with E-state index >= 15 is 0 Å². The van der Waals surface area contributed by atoms with Gasteiger partial charge in [-0.15, -0.1) is 0 Å². The number of hydrogen-bond acceptors (Lipinski definition) is 4. The first-order valence-electron chi connectivity index (χ1n) is 11.8. The Kier molecular flexibility index (Phi) is 9.86. The lowest BCUT2D eigenvalue weighted by Crippen LogP contribution is -2.31. The molecule has 0 heterocycles. The van der Waals surface area contributed by atoms with Gasteiger partial charge in [0.05, 0.1) is 0 Å². The molecule has 0 unspecified atom stereocenters.